The van der Waals surface area contributed by atoms with Crippen molar-refractivity contribution < 1.29 is 0 Å². The molecule has 1 N–H and O–H groups in total. The summed E-state index contributed by atoms with van der Waals surface area (Å²) in [5.41, 5.74) is 4.67. The van der Waals surface area contributed by atoms with Gasteiger partial charge in [0.15, 0.2) is 5.11 Å². The standard InChI is InChI=1S/C23H24BrN3S/c1-17(2)20-7-5-18(6-8-20)15-27(16-19-4-3-13-25-14-19)23(28)26-22-11-9-21(24)10-12-22/h3-14,17H,15-16H2,1-2H3,(H,26,28). The molecule has 0 aliphatic heterocycles. The van der Waals surface area contributed by atoms with Gasteiger partial charge in [0.05, 0.1) is 0 Å². The number of nitrogens with one attached hydrogen (secondary N) is 1. The zero-order valence-electron chi connectivity index (χ0n) is 16.1. The highest BCUT2D eigenvalue weighted by atomic mass is 79.9. The maximum absolute atomic E-state index is 5.74. The first kappa shape index (κ1) is 20.5. The molecular formula is C23H24BrN3S. The third-order valence-corrected chi connectivity index (χ3v) is 5.39. The van der Waals surface area contributed by atoms with E-state index in [-0.39, 0.29) is 0 Å². The molecule has 0 saturated carbocycles. The van der Waals surface area contributed by atoms with Crippen molar-refractivity contribution in [3.8, 4) is 0 Å². The van der Waals surface area contributed by atoms with Gasteiger partial charge in [0, 0.05) is 35.6 Å². The lowest BCUT2D eigenvalue weighted by molar-refractivity contribution is 0.412. The summed E-state index contributed by atoms with van der Waals surface area (Å²) in [6.07, 6.45) is 3.67. The van der Waals surface area contributed by atoms with E-state index in [4.69, 9.17) is 12.2 Å². The molecule has 0 amide bonds. The van der Waals surface area contributed by atoms with Gasteiger partial charge in [0.25, 0.3) is 0 Å². The second-order valence-electron chi connectivity index (χ2n) is 7.05. The summed E-state index contributed by atoms with van der Waals surface area (Å²) in [7, 11) is 0. The number of nitrogens with zero attached hydrogens (tertiary/aromatic N) is 2. The molecule has 0 fully saturated rings. The van der Waals surface area contributed by atoms with Crippen molar-refractivity contribution in [2.45, 2.75) is 32.9 Å². The number of benzene rings is 2. The van der Waals surface area contributed by atoms with Crippen molar-refractivity contribution in [2.24, 2.45) is 0 Å². The Morgan fingerprint density at radius 1 is 1.00 bits per heavy atom. The van der Waals surface area contributed by atoms with Gasteiger partial charge in [-0.3, -0.25) is 4.98 Å². The summed E-state index contributed by atoms with van der Waals surface area (Å²) in [6.45, 7) is 5.85. The molecule has 0 radical (unpaired) electrons. The molecule has 3 nitrogen and oxygen atoms in total. The normalized spacial score (nSPS) is 10.7. The van der Waals surface area contributed by atoms with Gasteiger partial charge in [-0.15, -0.1) is 0 Å². The van der Waals surface area contributed by atoms with Crippen LogP contribution < -0.4 is 5.32 Å². The number of thiocarbonyl (C=S) groups is 1. The topological polar surface area (TPSA) is 28.2 Å². The second kappa shape index (κ2) is 9.80. The second-order valence-corrected chi connectivity index (χ2v) is 8.35. The fourth-order valence-electron chi connectivity index (χ4n) is 2.88. The molecule has 1 aromatic heterocycles. The molecule has 2 aromatic carbocycles. The van der Waals surface area contributed by atoms with Crippen molar-refractivity contribution in [2.75, 3.05) is 5.32 Å². The van der Waals surface area contributed by atoms with Gasteiger partial charge in [-0.05, 0) is 65.2 Å². The quantitative estimate of drug-likeness (QED) is 0.439. The molecule has 0 aliphatic carbocycles. The van der Waals surface area contributed by atoms with Gasteiger partial charge < -0.3 is 10.2 Å². The molecule has 0 spiro atoms. The summed E-state index contributed by atoms with van der Waals surface area (Å²) in [5, 5.41) is 4.05. The van der Waals surface area contributed by atoms with Crippen LogP contribution in [0.4, 0.5) is 5.69 Å². The number of aromatic nitrogens is 1. The van der Waals surface area contributed by atoms with Gasteiger partial charge in [0.2, 0.25) is 0 Å². The predicted molar refractivity (Wildman–Crippen MR) is 124 cm³/mol. The van der Waals surface area contributed by atoms with E-state index in [9.17, 15) is 0 Å². The Bertz CT molecular complexity index is 893. The third kappa shape index (κ3) is 5.88. The van der Waals surface area contributed by atoms with Crippen molar-refractivity contribution in [3.63, 3.8) is 0 Å². The number of pyridine rings is 1. The summed E-state index contributed by atoms with van der Waals surface area (Å²) in [4.78, 5) is 6.40. The molecule has 28 heavy (non-hydrogen) atoms. The molecule has 0 bridgehead atoms. The first-order valence-corrected chi connectivity index (χ1v) is 10.5. The maximum atomic E-state index is 5.74. The Morgan fingerprint density at radius 3 is 2.29 bits per heavy atom. The third-order valence-electron chi connectivity index (χ3n) is 4.50. The van der Waals surface area contributed by atoms with Crippen molar-refractivity contribution >= 4 is 38.9 Å². The van der Waals surface area contributed by atoms with Crippen LogP contribution in [0.5, 0.6) is 0 Å². The van der Waals surface area contributed by atoms with E-state index in [0.717, 1.165) is 22.3 Å². The Morgan fingerprint density at radius 2 is 1.68 bits per heavy atom. The first-order valence-electron chi connectivity index (χ1n) is 9.30. The molecule has 3 rings (SSSR count). The van der Waals surface area contributed by atoms with Crippen LogP contribution in [0, 0.1) is 0 Å². The van der Waals surface area contributed by atoms with Crippen LogP contribution in [0.1, 0.15) is 36.5 Å². The van der Waals surface area contributed by atoms with E-state index in [0.29, 0.717) is 17.6 Å². The monoisotopic (exact) mass is 453 g/mol. The highest BCUT2D eigenvalue weighted by molar-refractivity contribution is 9.10. The lowest BCUT2D eigenvalue weighted by Crippen LogP contribution is -2.33. The zero-order chi connectivity index (χ0) is 19.9. The van der Waals surface area contributed by atoms with E-state index < -0.39 is 0 Å². The van der Waals surface area contributed by atoms with Crippen LogP contribution in [-0.4, -0.2) is 15.0 Å². The summed E-state index contributed by atoms with van der Waals surface area (Å²) in [5.74, 6) is 0.528. The van der Waals surface area contributed by atoms with Crippen LogP contribution in [0.15, 0.2) is 77.5 Å². The van der Waals surface area contributed by atoms with Gasteiger partial charge in [-0.1, -0.05) is 60.1 Å². The molecule has 0 unspecified atom stereocenters. The number of hydrogen-bond donors (Lipinski definition) is 1. The Labute approximate surface area is 180 Å². The highest BCUT2D eigenvalue weighted by Gasteiger charge is 2.12. The van der Waals surface area contributed by atoms with Crippen LogP contribution >= 0.6 is 28.1 Å². The highest BCUT2D eigenvalue weighted by Crippen LogP contribution is 2.19. The molecule has 3 aromatic rings. The minimum Gasteiger partial charge on any atom is -0.340 e. The molecule has 0 atom stereocenters. The Kier molecular flexibility index (Phi) is 7.18. The number of halogens is 1. The van der Waals surface area contributed by atoms with Gasteiger partial charge in [-0.25, -0.2) is 0 Å². The SMILES string of the molecule is CC(C)c1ccc(CN(Cc2cccnc2)C(=S)Nc2ccc(Br)cc2)cc1. The number of rotatable bonds is 6. The molecular weight excluding hydrogens is 430 g/mol. The van der Waals surface area contributed by atoms with Crippen molar-refractivity contribution in [1.29, 1.82) is 0 Å². The predicted octanol–water partition coefficient (Wildman–Crippen LogP) is 6.37. The molecule has 0 saturated heterocycles. The first-order chi connectivity index (χ1) is 13.5. The van der Waals surface area contributed by atoms with Gasteiger partial charge in [-0.2, -0.15) is 0 Å². The molecule has 1 heterocycles. The Balaban J connectivity index is 1.77. The van der Waals surface area contributed by atoms with E-state index in [2.05, 4.69) is 75.3 Å². The van der Waals surface area contributed by atoms with E-state index >= 15 is 0 Å². The maximum Gasteiger partial charge on any atom is 0.174 e. The van der Waals surface area contributed by atoms with E-state index in [1.807, 2.05) is 36.5 Å². The zero-order valence-corrected chi connectivity index (χ0v) is 18.5. The summed E-state index contributed by atoms with van der Waals surface area (Å²) < 4.78 is 1.04. The van der Waals surface area contributed by atoms with Gasteiger partial charge >= 0.3 is 0 Å². The summed E-state index contributed by atoms with van der Waals surface area (Å²) >= 11 is 9.21. The smallest absolute Gasteiger partial charge is 0.174 e. The number of hydrogen-bond acceptors (Lipinski definition) is 2. The van der Waals surface area contributed by atoms with Crippen LogP contribution in [0.2, 0.25) is 0 Å². The fourth-order valence-corrected chi connectivity index (χ4v) is 3.39. The minimum absolute atomic E-state index is 0.528. The lowest BCUT2D eigenvalue weighted by atomic mass is 10.0. The number of anilines is 1. The van der Waals surface area contributed by atoms with Crippen LogP contribution in [-0.2, 0) is 13.1 Å². The van der Waals surface area contributed by atoms with Crippen molar-refractivity contribution in [3.05, 3.63) is 94.2 Å². The van der Waals surface area contributed by atoms with Crippen LogP contribution in [0.3, 0.4) is 0 Å². The largest absolute Gasteiger partial charge is 0.340 e. The van der Waals surface area contributed by atoms with E-state index in [1.54, 1.807) is 6.20 Å². The average Bonchev–Trinajstić information content (AvgIpc) is 2.70. The van der Waals surface area contributed by atoms with Crippen LogP contribution in [0.25, 0.3) is 0 Å². The Hall–Kier alpha value is -2.24. The average molecular weight is 454 g/mol. The molecule has 144 valence electrons. The molecule has 5 heteroatoms. The van der Waals surface area contributed by atoms with E-state index in [1.165, 1.54) is 11.1 Å². The summed E-state index contributed by atoms with van der Waals surface area (Å²) in [6, 6.07) is 20.8. The minimum atomic E-state index is 0.528. The fraction of sp³-hybridized carbons (Fsp3) is 0.217. The van der Waals surface area contributed by atoms with Gasteiger partial charge in [0.1, 0.15) is 0 Å². The molecule has 0 aliphatic rings. The lowest BCUT2D eigenvalue weighted by Gasteiger charge is -2.26. The van der Waals surface area contributed by atoms with Crippen molar-refractivity contribution in [1.82, 2.24) is 9.88 Å².